The van der Waals surface area contributed by atoms with Gasteiger partial charge in [-0.2, -0.15) is 11.8 Å². The Bertz CT molecular complexity index is 389. The molecule has 1 aromatic rings. The molecular weight excluding hydrogens is 260 g/mol. The van der Waals surface area contributed by atoms with Crippen molar-refractivity contribution in [3.05, 3.63) is 21.4 Å². The van der Waals surface area contributed by atoms with Crippen LogP contribution in [0.15, 0.2) is 6.07 Å². The summed E-state index contributed by atoms with van der Waals surface area (Å²) >= 11 is 4.02. The van der Waals surface area contributed by atoms with Gasteiger partial charge in [-0.25, -0.2) is 0 Å². The first kappa shape index (κ1) is 14.4. The Morgan fingerprint density at radius 2 is 2.28 bits per heavy atom. The van der Waals surface area contributed by atoms with Gasteiger partial charge in [0.15, 0.2) is 0 Å². The predicted molar refractivity (Wildman–Crippen MR) is 83.7 cm³/mol. The van der Waals surface area contributed by atoms with E-state index in [0.717, 1.165) is 11.8 Å². The molecule has 0 aliphatic carbocycles. The van der Waals surface area contributed by atoms with E-state index in [1.54, 1.807) is 0 Å². The van der Waals surface area contributed by atoms with E-state index in [4.69, 9.17) is 5.73 Å². The summed E-state index contributed by atoms with van der Waals surface area (Å²) in [7, 11) is 0. The number of aryl methyl sites for hydroxylation is 2. The Morgan fingerprint density at radius 1 is 1.50 bits per heavy atom. The third-order valence-corrected chi connectivity index (χ3v) is 6.08. The van der Waals surface area contributed by atoms with Crippen molar-refractivity contribution < 1.29 is 0 Å². The summed E-state index contributed by atoms with van der Waals surface area (Å²) in [6, 6.07) is 2.75. The molecule has 4 heteroatoms. The molecule has 102 valence electrons. The fourth-order valence-electron chi connectivity index (χ4n) is 2.73. The van der Waals surface area contributed by atoms with Crippen LogP contribution in [0.2, 0.25) is 0 Å². The van der Waals surface area contributed by atoms with E-state index in [9.17, 15) is 0 Å². The lowest BCUT2D eigenvalue weighted by Gasteiger charge is -2.37. The van der Waals surface area contributed by atoms with E-state index in [2.05, 4.69) is 43.5 Å². The van der Waals surface area contributed by atoms with Gasteiger partial charge in [-0.1, -0.05) is 6.92 Å². The lowest BCUT2D eigenvalue weighted by atomic mass is 10.1. The molecule has 0 amide bonds. The second kappa shape index (κ2) is 6.42. The minimum absolute atomic E-state index is 0.421. The van der Waals surface area contributed by atoms with Crippen LogP contribution in [-0.2, 0) is 0 Å². The monoisotopic (exact) mass is 284 g/mol. The quantitative estimate of drug-likeness (QED) is 0.920. The molecule has 2 rings (SSSR count). The van der Waals surface area contributed by atoms with E-state index in [1.807, 2.05) is 11.3 Å². The highest BCUT2D eigenvalue weighted by molar-refractivity contribution is 8.00. The lowest BCUT2D eigenvalue weighted by molar-refractivity contribution is 0.207. The predicted octanol–water partition coefficient (Wildman–Crippen LogP) is 3.19. The fourth-order valence-corrected chi connectivity index (χ4v) is 4.91. The molecule has 0 bridgehead atoms. The minimum Gasteiger partial charge on any atom is -0.329 e. The number of nitrogens with zero attached hydrogens (tertiary/aromatic N) is 1. The van der Waals surface area contributed by atoms with Crippen LogP contribution in [-0.4, -0.2) is 35.5 Å². The van der Waals surface area contributed by atoms with Gasteiger partial charge in [0.2, 0.25) is 0 Å². The maximum Gasteiger partial charge on any atom is 0.0482 e. The van der Waals surface area contributed by atoms with Gasteiger partial charge in [-0.05, 0) is 31.9 Å². The molecule has 1 aliphatic rings. The molecule has 2 atom stereocenters. The summed E-state index contributed by atoms with van der Waals surface area (Å²) in [4.78, 5) is 5.44. The minimum atomic E-state index is 0.421. The average Bonchev–Trinajstić information content (AvgIpc) is 2.70. The Morgan fingerprint density at radius 3 is 2.83 bits per heavy atom. The molecule has 0 saturated carbocycles. The molecule has 1 fully saturated rings. The molecular formula is C14H24N2S2. The van der Waals surface area contributed by atoms with Gasteiger partial charge in [-0.3, -0.25) is 4.90 Å². The third-order valence-electron chi connectivity index (χ3n) is 3.73. The number of nitrogens with two attached hydrogens (primary N) is 1. The topological polar surface area (TPSA) is 29.3 Å². The van der Waals surface area contributed by atoms with E-state index in [-0.39, 0.29) is 0 Å². The molecule has 1 aromatic heterocycles. The SMILES string of the molecule is CCC1CN(C(CN)c2cc(C)sc2C)CCS1. The normalized spacial score (nSPS) is 23.2. The lowest BCUT2D eigenvalue weighted by Crippen LogP contribution is -2.42. The first-order chi connectivity index (χ1) is 8.65. The molecule has 1 aliphatic heterocycles. The zero-order chi connectivity index (χ0) is 13.1. The number of hydrogen-bond donors (Lipinski definition) is 1. The van der Waals surface area contributed by atoms with Crippen molar-refractivity contribution in [3.63, 3.8) is 0 Å². The molecule has 0 aromatic carbocycles. The first-order valence-electron chi connectivity index (χ1n) is 6.78. The van der Waals surface area contributed by atoms with Crippen LogP contribution in [0, 0.1) is 13.8 Å². The first-order valence-corrected chi connectivity index (χ1v) is 8.64. The number of thiophene rings is 1. The van der Waals surface area contributed by atoms with E-state index in [1.165, 1.54) is 40.6 Å². The molecule has 1 saturated heterocycles. The maximum absolute atomic E-state index is 6.06. The summed E-state index contributed by atoms with van der Waals surface area (Å²) in [6.45, 7) is 9.81. The Hall–Kier alpha value is -0.0300. The fraction of sp³-hybridized carbons (Fsp3) is 0.714. The Kier molecular flexibility index (Phi) is 5.13. The summed E-state index contributed by atoms with van der Waals surface area (Å²) in [5, 5.41) is 0.785. The van der Waals surface area contributed by atoms with Crippen molar-refractivity contribution in [2.24, 2.45) is 5.73 Å². The van der Waals surface area contributed by atoms with Crippen molar-refractivity contribution >= 4 is 23.1 Å². The number of thioether (sulfide) groups is 1. The van der Waals surface area contributed by atoms with Crippen LogP contribution in [0.1, 0.15) is 34.7 Å². The largest absolute Gasteiger partial charge is 0.329 e. The van der Waals surface area contributed by atoms with Gasteiger partial charge >= 0.3 is 0 Å². The molecule has 2 N–H and O–H groups in total. The van der Waals surface area contributed by atoms with Gasteiger partial charge < -0.3 is 5.73 Å². The van der Waals surface area contributed by atoms with Gasteiger partial charge in [0.05, 0.1) is 0 Å². The van der Waals surface area contributed by atoms with Crippen LogP contribution in [0.4, 0.5) is 0 Å². The Labute approximate surface area is 119 Å². The molecule has 2 heterocycles. The molecule has 18 heavy (non-hydrogen) atoms. The maximum atomic E-state index is 6.06. The van der Waals surface area contributed by atoms with Crippen LogP contribution in [0.5, 0.6) is 0 Å². The second-order valence-corrected chi connectivity index (χ2v) is 7.88. The third kappa shape index (κ3) is 3.10. The molecule has 0 radical (unpaired) electrons. The highest BCUT2D eigenvalue weighted by atomic mass is 32.2. The van der Waals surface area contributed by atoms with Gasteiger partial charge in [0.1, 0.15) is 0 Å². The van der Waals surface area contributed by atoms with Crippen LogP contribution >= 0.6 is 23.1 Å². The molecule has 2 nitrogen and oxygen atoms in total. The van der Waals surface area contributed by atoms with Crippen molar-refractivity contribution in [1.29, 1.82) is 0 Å². The van der Waals surface area contributed by atoms with Crippen molar-refractivity contribution in [2.45, 2.75) is 38.5 Å². The van der Waals surface area contributed by atoms with Crippen molar-refractivity contribution in [3.8, 4) is 0 Å². The molecule has 2 unspecified atom stereocenters. The van der Waals surface area contributed by atoms with Gasteiger partial charge in [-0.15, -0.1) is 11.3 Å². The summed E-state index contributed by atoms with van der Waals surface area (Å²) in [5.74, 6) is 1.25. The molecule has 0 spiro atoms. The van der Waals surface area contributed by atoms with Crippen molar-refractivity contribution in [1.82, 2.24) is 4.90 Å². The smallest absolute Gasteiger partial charge is 0.0482 e. The highest BCUT2D eigenvalue weighted by Gasteiger charge is 2.27. The van der Waals surface area contributed by atoms with E-state index >= 15 is 0 Å². The van der Waals surface area contributed by atoms with Crippen LogP contribution in [0.3, 0.4) is 0 Å². The zero-order valence-corrected chi connectivity index (χ0v) is 13.2. The van der Waals surface area contributed by atoms with Crippen molar-refractivity contribution in [2.75, 3.05) is 25.4 Å². The Balaban J connectivity index is 2.15. The summed E-state index contributed by atoms with van der Waals surface area (Å²) in [5.41, 5.74) is 7.52. The van der Waals surface area contributed by atoms with E-state index < -0.39 is 0 Å². The summed E-state index contributed by atoms with van der Waals surface area (Å²) in [6.07, 6.45) is 1.26. The van der Waals surface area contributed by atoms with Gasteiger partial charge in [0, 0.05) is 46.4 Å². The average molecular weight is 284 g/mol. The van der Waals surface area contributed by atoms with Crippen LogP contribution < -0.4 is 5.73 Å². The van der Waals surface area contributed by atoms with Crippen LogP contribution in [0.25, 0.3) is 0 Å². The van der Waals surface area contributed by atoms with E-state index in [0.29, 0.717) is 6.04 Å². The highest BCUT2D eigenvalue weighted by Crippen LogP contribution is 2.32. The standard InChI is InChI=1S/C14H24N2S2/c1-4-12-9-16(5-6-17-12)14(8-15)13-7-10(2)18-11(13)3/h7,12,14H,4-6,8-9,15H2,1-3H3. The number of hydrogen-bond acceptors (Lipinski definition) is 4. The summed E-state index contributed by atoms with van der Waals surface area (Å²) < 4.78 is 0. The number of rotatable bonds is 4. The second-order valence-electron chi connectivity index (χ2n) is 5.02. The van der Waals surface area contributed by atoms with Gasteiger partial charge in [0.25, 0.3) is 0 Å². The zero-order valence-electron chi connectivity index (χ0n) is 11.6.